The molecule has 0 aliphatic carbocycles. The molecule has 1 heterocycles. The van der Waals surface area contributed by atoms with Gasteiger partial charge in [-0.2, -0.15) is 30.6 Å². The minimum absolute atomic E-state index is 0.0225. The second-order valence-electron chi connectivity index (χ2n) is 6.85. The number of nitrogens with one attached hydrogen (secondary N) is 1. The fraction of sp³-hybridized carbons (Fsp3) is 0.588. The average molecular weight is 407 g/mol. The van der Waals surface area contributed by atoms with Gasteiger partial charge in [0, 0.05) is 32.6 Å². The molecule has 1 saturated heterocycles. The van der Waals surface area contributed by atoms with Gasteiger partial charge < -0.3 is 4.90 Å². The number of halogens is 3. The van der Waals surface area contributed by atoms with E-state index in [0.29, 0.717) is 19.4 Å². The van der Waals surface area contributed by atoms with Crippen LogP contribution in [0.1, 0.15) is 43.9 Å². The van der Waals surface area contributed by atoms with Crippen LogP contribution in [-0.4, -0.2) is 49.7 Å². The molecule has 1 fully saturated rings. The first-order valence-electron chi connectivity index (χ1n) is 8.62. The predicted molar refractivity (Wildman–Crippen MR) is 95.0 cm³/mol. The van der Waals surface area contributed by atoms with Crippen LogP contribution in [0.3, 0.4) is 0 Å². The zero-order valence-corrected chi connectivity index (χ0v) is 16.3. The molecule has 1 aliphatic rings. The van der Waals surface area contributed by atoms with E-state index in [2.05, 4.69) is 4.72 Å². The summed E-state index contributed by atoms with van der Waals surface area (Å²) in [6, 6.07) is 3.19. The van der Waals surface area contributed by atoms with E-state index >= 15 is 0 Å². The number of amides is 1. The topological polar surface area (TPSA) is 69.7 Å². The smallest absolute Gasteiger partial charge is 0.341 e. The van der Waals surface area contributed by atoms with Crippen molar-refractivity contribution in [2.45, 2.75) is 44.9 Å². The molecule has 2 rings (SSSR count). The van der Waals surface area contributed by atoms with E-state index < -0.39 is 28.0 Å². The molecule has 0 bridgehead atoms. The molecule has 1 atom stereocenters. The van der Waals surface area contributed by atoms with Crippen LogP contribution in [0.5, 0.6) is 0 Å². The number of hydrogen-bond acceptors (Lipinski definition) is 3. The summed E-state index contributed by atoms with van der Waals surface area (Å²) in [4.78, 5) is 13.4. The average Bonchev–Trinajstić information content (AvgIpc) is 2.97. The fourth-order valence-corrected chi connectivity index (χ4v) is 4.09. The van der Waals surface area contributed by atoms with E-state index in [1.807, 2.05) is 0 Å². The SMILES string of the molecule is CC(C)N(C)S(=O)(=O)N[C@@H](CN1CCCC1=O)c1cccc(C(F)(F)F)c1. The highest BCUT2D eigenvalue weighted by atomic mass is 32.2. The highest BCUT2D eigenvalue weighted by Crippen LogP contribution is 2.31. The molecule has 0 aromatic heterocycles. The minimum atomic E-state index is -4.54. The lowest BCUT2D eigenvalue weighted by atomic mass is 10.0. The molecule has 1 aromatic rings. The number of rotatable bonds is 7. The highest BCUT2D eigenvalue weighted by molar-refractivity contribution is 7.87. The van der Waals surface area contributed by atoms with Crippen molar-refractivity contribution in [3.05, 3.63) is 35.4 Å². The first-order valence-corrected chi connectivity index (χ1v) is 10.1. The number of likely N-dealkylation sites (tertiary alicyclic amines) is 1. The lowest BCUT2D eigenvalue weighted by molar-refractivity contribution is -0.137. The Morgan fingerprint density at radius 1 is 1.30 bits per heavy atom. The van der Waals surface area contributed by atoms with Crippen LogP contribution in [0.15, 0.2) is 24.3 Å². The fourth-order valence-electron chi connectivity index (χ4n) is 2.80. The summed E-state index contributed by atoms with van der Waals surface area (Å²) in [5, 5.41) is 0. The van der Waals surface area contributed by atoms with E-state index in [4.69, 9.17) is 0 Å². The summed E-state index contributed by atoms with van der Waals surface area (Å²) in [5.74, 6) is -0.136. The lowest BCUT2D eigenvalue weighted by Crippen LogP contribution is -2.46. The Bertz CT molecular complexity index is 781. The standard InChI is InChI=1S/C17H24F3N3O3S/c1-12(2)22(3)27(25,26)21-15(11-23-9-5-8-16(23)24)13-6-4-7-14(10-13)17(18,19)20/h4,6-7,10,12,15,21H,5,8-9,11H2,1-3H3/t15-/m0/s1. The van der Waals surface area contributed by atoms with Crippen LogP contribution in [-0.2, 0) is 21.2 Å². The number of nitrogens with zero attached hydrogens (tertiary/aromatic N) is 2. The van der Waals surface area contributed by atoms with Gasteiger partial charge in [0.15, 0.2) is 0 Å². The largest absolute Gasteiger partial charge is 0.416 e. The molecule has 1 aliphatic heterocycles. The number of alkyl halides is 3. The molecule has 0 spiro atoms. The normalized spacial score (nSPS) is 17.2. The molecular weight excluding hydrogens is 383 g/mol. The van der Waals surface area contributed by atoms with Crippen LogP contribution >= 0.6 is 0 Å². The maximum Gasteiger partial charge on any atom is 0.416 e. The summed E-state index contributed by atoms with van der Waals surface area (Å²) in [6.45, 7) is 3.80. The second kappa shape index (κ2) is 8.15. The molecule has 0 radical (unpaired) electrons. The summed E-state index contributed by atoms with van der Waals surface area (Å²) < 4.78 is 67.9. The van der Waals surface area contributed by atoms with Crippen molar-refractivity contribution < 1.29 is 26.4 Å². The number of benzene rings is 1. The molecule has 152 valence electrons. The third-order valence-electron chi connectivity index (χ3n) is 4.59. The van der Waals surface area contributed by atoms with Gasteiger partial charge in [0.25, 0.3) is 10.2 Å². The molecule has 1 N–H and O–H groups in total. The Morgan fingerprint density at radius 3 is 2.48 bits per heavy atom. The molecule has 0 unspecified atom stereocenters. The van der Waals surface area contributed by atoms with Gasteiger partial charge in [0.2, 0.25) is 5.91 Å². The van der Waals surface area contributed by atoms with Gasteiger partial charge >= 0.3 is 6.18 Å². The van der Waals surface area contributed by atoms with Crippen LogP contribution in [0, 0.1) is 0 Å². The van der Waals surface area contributed by atoms with E-state index in [1.165, 1.54) is 24.1 Å². The quantitative estimate of drug-likeness (QED) is 0.755. The minimum Gasteiger partial charge on any atom is -0.341 e. The van der Waals surface area contributed by atoms with E-state index in [9.17, 15) is 26.4 Å². The Balaban J connectivity index is 2.37. The van der Waals surface area contributed by atoms with Crippen molar-refractivity contribution in [2.24, 2.45) is 0 Å². The van der Waals surface area contributed by atoms with E-state index in [1.54, 1.807) is 13.8 Å². The van der Waals surface area contributed by atoms with Gasteiger partial charge in [-0.25, -0.2) is 0 Å². The van der Waals surface area contributed by atoms with Gasteiger partial charge in [-0.1, -0.05) is 12.1 Å². The molecule has 6 nitrogen and oxygen atoms in total. The van der Waals surface area contributed by atoms with Gasteiger partial charge in [0.1, 0.15) is 0 Å². The molecular formula is C17H24F3N3O3S. The number of carbonyl (C=O) groups excluding carboxylic acids is 1. The predicted octanol–water partition coefficient (Wildman–Crippen LogP) is 2.54. The van der Waals surface area contributed by atoms with Crippen molar-refractivity contribution in [2.75, 3.05) is 20.1 Å². The Morgan fingerprint density at radius 2 is 1.96 bits per heavy atom. The Labute approximate surface area is 157 Å². The van der Waals surface area contributed by atoms with Crippen LogP contribution in [0.25, 0.3) is 0 Å². The third kappa shape index (κ3) is 5.43. The van der Waals surface area contributed by atoms with Crippen molar-refractivity contribution in [1.29, 1.82) is 0 Å². The number of hydrogen-bond donors (Lipinski definition) is 1. The van der Waals surface area contributed by atoms with Gasteiger partial charge in [-0.15, -0.1) is 0 Å². The first kappa shape index (κ1) is 21.6. The molecule has 27 heavy (non-hydrogen) atoms. The van der Waals surface area contributed by atoms with Crippen molar-refractivity contribution in [3.8, 4) is 0 Å². The summed E-state index contributed by atoms with van der Waals surface area (Å²) in [5.41, 5.74) is -0.709. The first-order chi connectivity index (χ1) is 12.4. The summed E-state index contributed by atoms with van der Waals surface area (Å²) in [7, 11) is -2.56. The maximum absolute atomic E-state index is 13.1. The molecule has 1 aromatic carbocycles. The monoisotopic (exact) mass is 407 g/mol. The summed E-state index contributed by atoms with van der Waals surface area (Å²) >= 11 is 0. The van der Waals surface area contributed by atoms with Crippen molar-refractivity contribution in [3.63, 3.8) is 0 Å². The zero-order valence-electron chi connectivity index (χ0n) is 15.5. The van der Waals surface area contributed by atoms with E-state index in [-0.39, 0.29) is 24.1 Å². The van der Waals surface area contributed by atoms with Crippen LogP contribution in [0.2, 0.25) is 0 Å². The Hall–Kier alpha value is -1.65. The molecule has 10 heteroatoms. The maximum atomic E-state index is 13.1. The molecule has 0 saturated carbocycles. The van der Waals surface area contributed by atoms with Crippen molar-refractivity contribution >= 4 is 16.1 Å². The van der Waals surface area contributed by atoms with Crippen LogP contribution in [0.4, 0.5) is 13.2 Å². The zero-order chi connectivity index (χ0) is 20.4. The lowest BCUT2D eigenvalue weighted by Gasteiger charge is -2.29. The van der Waals surface area contributed by atoms with Crippen molar-refractivity contribution in [1.82, 2.24) is 13.9 Å². The van der Waals surface area contributed by atoms with Crippen LogP contribution < -0.4 is 4.72 Å². The Kier molecular flexibility index (Phi) is 6.54. The van der Waals surface area contributed by atoms with Gasteiger partial charge in [-0.05, 0) is 38.0 Å². The summed E-state index contributed by atoms with van der Waals surface area (Å²) in [6.07, 6.45) is -3.54. The van der Waals surface area contributed by atoms with Gasteiger partial charge in [0.05, 0.1) is 11.6 Å². The van der Waals surface area contributed by atoms with Gasteiger partial charge in [-0.3, -0.25) is 4.79 Å². The number of carbonyl (C=O) groups is 1. The van der Waals surface area contributed by atoms with E-state index in [0.717, 1.165) is 16.4 Å². The third-order valence-corrected chi connectivity index (χ3v) is 6.35. The highest BCUT2D eigenvalue weighted by Gasteiger charge is 2.33. The second-order valence-corrected chi connectivity index (χ2v) is 8.61. The molecule has 1 amide bonds.